The van der Waals surface area contributed by atoms with Gasteiger partial charge in [-0.3, -0.25) is 9.59 Å². The summed E-state index contributed by atoms with van der Waals surface area (Å²) < 4.78 is 42.0. The van der Waals surface area contributed by atoms with Gasteiger partial charge in [0.2, 0.25) is 0 Å². The lowest BCUT2D eigenvalue weighted by Gasteiger charge is -2.18. The molecule has 8 heteroatoms. The number of sulfone groups is 1. The average molecular weight is 407 g/mol. The Morgan fingerprint density at radius 1 is 1.07 bits per heavy atom. The summed E-state index contributed by atoms with van der Waals surface area (Å²) in [5.41, 5.74) is 2.03. The van der Waals surface area contributed by atoms with Crippen molar-refractivity contribution in [1.29, 1.82) is 0 Å². The molecule has 0 fully saturated rings. The second-order valence-electron chi connectivity index (χ2n) is 6.36. The standard InChI is InChI=1S/C20H22FNO5S/c1-15-5-3-4-6-16(15)13-22(2)19(23)14-27-20(24)11-12-28(25,26)18-9-7-17(21)8-10-18/h3-10H,11-14H2,1-2H3. The Morgan fingerprint density at radius 2 is 1.71 bits per heavy atom. The zero-order chi connectivity index (χ0) is 20.7. The molecule has 1 amide bonds. The van der Waals surface area contributed by atoms with Gasteiger partial charge in [-0.05, 0) is 42.3 Å². The van der Waals surface area contributed by atoms with E-state index in [0.29, 0.717) is 6.54 Å². The van der Waals surface area contributed by atoms with Crippen molar-refractivity contribution < 1.29 is 27.1 Å². The van der Waals surface area contributed by atoms with E-state index in [0.717, 1.165) is 35.4 Å². The Labute approximate surface area is 163 Å². The highest BCUT2D eigenvalue weighted by Crippen LogP contribution is 2.13. The highest BCUT2D eigenvalue weighted by Gasteiger charge is 2.18. The van der Waals surface area contributed by atoms with E-state index in [1.165, 1.54) is 4.90 Å². The van der Waals surface area contributed by atoms with E-state index in [-0.39, 0.29) is 4.90 Å². The summed E-state index contributed by atoms with van der Waals surface area (Å²) in [6.07, 6.45) is -0.394. The van der Waals surface area contributed by atoms with E-state index in [9.17, 15) is 22.4 Å². The number of aryl methyl sites for hydroxylation is 1. The molecule has 2 aromatic carbocycles. The summed E-state index contributed by atoms with van der Waals surface area (Å²) in [6.45, 7) is 1.86. The first-order valence-electron chi connectivity index (χ1n) is 8.61. The number of hydrogen-bond donors (Lipinski definition) is 0. The van der Waals surface area contributed by atoms with Gasteiger partial charge in [-0.1, -0.05) is 24.3 Å². The van der Waals surface area contributed by atoms with Crippen LogP contribution in [0, 0.1) is 12.7 Å². The molecule has 0 aliphatic carbocycles. The molecule has 0 saturated heterocycles. The van der Waals surface area contributed by atoms with Gasteiger partial charge in [-0.15, -0.1) is 0 Å². The minimum atomic E-state index is -3.74. The first-order chi connectivity index (χ1) is 13.2. The molecular formula is C20H22FNO5S. The van der Waals surface area contributed by atoms with Crippen LogP contribution in [0.5, 0.6) is 0 Å². The van der Waals surface area contributed by atoms with Crippen molar-refractivity contribution in [2.24, 2.45) is 0 Å². The molecule has 0 saturated carbocycles. The van der Waals surface area contributed by atoms with Crippen LogP contribution < -0.4 is 0 Å². The molecule has 0 radical (unpaired) electrons. The summed E-state index contributed by atoms with van der Waals surface area (Å²) >= 11 is 0. The smallest absolute Gasteiger partial charge is 0.307 e. The largest absolute Gasteiger partial charge is 0.456 e. The van der Waals surface area contributed by atoms with Gasteiger partial charge in [0.1, 0.15) is 5.82 Å². The van der Waals surface area contributed by atoms with Gasteiger partial charge in [0.25, 0.3) is 5.91 Å². The highest BCUT2D eigenvalue weighted by molar-refractivity contribution is 7.91. The number of hydrogen-bond acceptors (Lipinski definition) is 5. The van der Waals surface area contributed by atoms with E-state index < -0.39 is 46.3 Å². The van der Waals surface area contributed by atoms with Crippen LogP contribution in [0.15, 0.2) is 53.4 Å². The molecule has 0 heterocycles. The molecular weight excluding hydrogens is 385 g/mol. The Morgan fingerprint density at radius 3 is 2.36 bits per heavy atom. The lowest BCUT2D eigenvalue weighted by Crippen LogP contribution is -2.31. The number of rotatable bonds is 8. The van der Waals surface area contributed by atoms with Gasteiger partial charge in [0.15, 0.2) is 16.4 Å². The third-order valence-corrected chi connectivity index (χ3v) is 5.93. The van der Waals surface area contributed by atoms with Crippen LogP contribution in [0.1, 0.15) is 17.5 Å². The molecule has 6 nitrogen and oxygen atoms in total. The maximum atomic E-state index is 12.9. The quantitative estimate of drug-likeness (QED) is 0.496. The number of benzene rings is 2. The number of amides is 1. The maximum absolute atomic E-state index is 12.9. The number of likely N-dealkylation sites (N-methyl/N-ethyl adjacent to an activating group) is 1. The van der Waals surface area contributed by atoms with Gasteiger partial charge < -0.3 is 9.64 Å². The normalized spacial score (nSPS) is 11.1. The predicted molar refractivity (Wildman–Crippen MR) is 102 cm³/mol. The first-order valence-corrected chi connectivity index (χ1v) is 10.3. The van der Waals surface area contributed by atoms with Crippen LogP contribution in [-0.4, -0.2) is 44.6 Å². The second-order valence-corrected chi connectivity index (χ2v) is 8.47. The van der Waals surface area contributed by atoms with E-state index in [1.54, 1.807) is 7.05 Å². The Hall–Kier alpha value is -2.74. The van der Waals surface area contributed by atoms with Crippen molar-refractivity contribution in [3.05, 3.63) is 65.5 Å². The average Bonchev–Trinajstić information content (AvgIpc) is 2.66. The molecule has 28 heavy (non-hydrogen) atoms. The van der Waals surface area contributed by atoms with Crippen molar-refractivity contribution in [2.45, 2.75) is 24.8 Å². The fourth-order valence-electron chi connectivity index (χ4n) is 2.43. The number of nitrogens with zero attached hydrogens (tertiary/aromatic N) is 1. The molecule has 2 rings (SSSR count). The van der Waals surface area contributed by atoms with E-state index in [2.05, 4.69) is 0 Å². The third kappa shape index (κ3) is 6.16. The fraction of sp³-hybridized carbons (Fsp3) is 0.300. The van der Waals surface area contributed by atoms with Crippen LogP contribution in [0.4, 0.5) is 4.39 Å². The SMILES string of the molecule is Cc1ccccc1CN(C)C(=O)COC(=O)CCS(=O)(=O)c1ccc(F)cc1. The predicted octanol–water partition coefficient (Wildman–Crippen LogP) is 2.50. The van der Waals surface area contributed by atoms with Gasteiger partial charge in [0, 0.05) is 13.6 Å². The monoisotopic (exact) mass is 407 g/mol. The summed E-state index contributed by atoms with van der Waals surface area (Å²) in [4.78, 5) is 25.3. The van der Waals surface area contributed by atoms with Gasteiger partial charge >= 0.3 is 5.97 Å². The topological polar surface area (TPSA) is 80.8 Å². The number of esters is 1. The van der Waals surface area contributed by atoms with Gasteiger partial charge in [-0.25, -0.2) is 12.8 Å². The number of ether oxygens (including phenoxy) is 1. The molecule has 0 bridgehead atoms. The molecule has 0 unspecified atom stereocenters. The van der Waals surface area contributed by atoms with E-state index in [4.69, 9.17) is 4.74 Å². The van der Waals surface area contributed by atoms with Crippen molar-refractivity contribution >= 4 is 21.7 Å². The van der Waals surface area contributed by atoms with E-state index in [1.807, 2.05) is 31.2 Å². The van der Waals surface area contributed by atoms with Crippen LogP contribution in [-0.2, 0) is 30.7 Å². The van der Waals surface area contributed by atoms with Crippen LogP contribution >= 0.6 is 0 Å². The lowest BCUT2D eigenvalue weighted by molar-refractivity contribution is -0.151. The summed E-state index contributed by atoms with van der Waals surface area (Å²) in [5, 5.41) is 0. The minimum Gasteiger partial charge on any atom is -0.456 e. The maximum Gasteiger partial charge on any atom is 0.307 e. The molecule has 0 aliphatic rings. The zero-order valence-corrected chi connectivity index (χ0v) is 16.5. The molecule has 0 spiro atoms. The van der Waals surface area contributed by atoms with Crippen molar-refractivity contribution in [1.82, 2.24) is 4.90 Å². The lowest BCUT2D eigenvalue weighted by atomic mass is 10.1. The van der Waals surface area contributed by atoms with Crippen LogP contribution in [0.3, 0.4) is 0 Å². The number of carbonyl (C=O) groups is 2. The van der Waals surface area contributed by atoms with Crippen molar-refractivity contribution in [2.75, 3.05) is 19.4 Å². The number of carbonyl (C=O) groups excluding carboxylic acids is 2. The Bertz CT molecular complexity index is 941. The Kier molecular flexibility index (Phi) is 7.28. The Balaban J connectivity index is 1.80. The highest BCUT2D eigenvalue weighted by atomic mass is 32.2. The summed E-state index contributed by atoms with van der Waals surface area (Å²) in [6, 6.07) is 12.0. The second kappa shape index (κ2) is 9.45. The van der Waals surface area contributed by atoms with Crippen molar-refractivity contribution in [3.63, 3.8) is 0 Å². The number of halogens is 1. The van der Waals surface area contributed by atoms with Crippen LogP contribution in [0.25, 0.3) is 0 Å². The van der Waals surface area contributed by atoms with Crippen LogP contribution in [0.2, 0.25) is 0 Å². The first kappa shape index (κ1) is 21.6. The summed E-state index contributed by atoms with van der Waals surface area (Å²) in [5.74, 6) is -2.21. The minimum absolute atomic E-state index is 0.0734. The molecule has 0 atom stereocenters. The fourth-order valence-corrected chi connectivity index (χ4v) is 3.66. The summed E-state index contributed by atoms with van der Waals surface area (Å²) in [7, 11) is -2.14. The molecule has 150 valence electrons. The molecule has 0 aromatic heterocycles. The molecule has 0 aliphatic heterocycles. The zero-order valence-electron chi connectivity index (χ0n) is 15.7. The van der Waals surface area contributed by atoms with Crippen molar-refractivity contribution in [3.8, 4) is 0 Å². The third-order valence-electron chi connectivity index (χ3n) is 4.20. The molecule has 0 N–H and O–H groups in total. The van der Waals surface area contributed by atoms with Gasteiger partial charge in [-0.2, -0.15) is 0 Å². The van der Waals surface area contributed by atoms with Gasteiger partial charge in [0.05, 0.1) is 17.1 Å². The molecule has 2 aromatic rings. The van der Waals surface area contributed by atoms with E-state index >= 15 is 0 Å².